The summed E-state index contributed by atoms with van der Waals surface area (Å²) in [7, 11) is 0. The molecule has 1 heteroatoms. The fraction of sp³-hybridized carbons (Fsp3) is 0.333. The predicted octanol–water partition coefficient (Wildman–Crippen LogP) is 6.21. The fourth-order valence-corrected chi connectivity index (χ4v) is 2.84. The van der Waals surface area contributed by atoms with Gasteiger partial charge in [0.05, 0.1) is 0 Å². The van der Waals surface area contributed by atoms with E-state index in [1.807, 2.05) is 0 Å². The van der Waals surface area contributed by atoms with E-state index in [0.717, 1.165) is 0 Å². The maximum atomic E-state index is 2.43. The van der Waals surface area contributed by atoms with Gasteiger partial charge >= 0.3 is 0 Å². The Morgan fingerprint density at radius 3 is 2.05 bits per heavy atom. The minimum atomic E-state index is 0.573. The minimum absolute atomic E-state index is 0.573. The van der Waals surface area contributed by atoms with Crippen LogP contribution in [0.5, 0.6) is 0 Å². The molecular formula is C18H21I. The lowest BCUT2D eigenvalue weighted by molar-refractivity contribution is 0.864. The molecule has 0 aliphatic carbocycles. The maximum absolute atomic E-state index is 2.43. The first-order chi connectivity index (χ1) is 8.99. The van der Waals surface area contributed by atoms with Crippen molar-refractivity contribution in [2.45, 2.75) is 39.5 Å². The molecule has 0 heterocycles. The Balaban J connectivity index is 2.51. The van der Waals surface area contributed by atoms with E-state index in [2.05, 4.69) is 92.8 Å². The third kappa shape index (κ3) is 3.38. The van der Waals surface area contributed by atoms with Gasteiger partial charge in [-0.05, 0) is 68.8 Å². The van der Waals surface area contributed by atoms with Crippen LogP contribution in [-0.2, 0) is 0 Å². The van der Waals surface area contributed by atoms with Crippen molar-refractivity contribution in [3.63, 3.8) is 0 Å². The van der Waals surface area contributed by atoms with E-state index in [-0.39, 0.29) is 0 Å². The highest BCUT2D eigenvalue weighted by atomic mass is 127. The molecular weight excluding hydrogens is 343 g/mol. The summed E-state index contributed by atoms with van der Waals surface area (Å²) in [5.41, 5.74) is 5.50. The van der Waals surface area contributed by atoms with E-state index >= 15 is 0 Å². The van der Waals surface area contributed by atoms with Crippen LogP contribution in [0.25, 0.3) is 11.1 Å². The van der Waals surface area contributed by atoms with Crippen LogP contribution in [0.4, 0.5) is 0 Å². The summed E-state index contributed by atoms with van der Waals surface area (Å²) in [5.74, 6) is 1.15. The van der Waals surface area contributed by atoms with Gasteiger partial charge in [-0.2, -0.15) is 0 Å². The van der Waals surface area contributed by atoms with E-state index in [9.17, 15) is 0 Å². The molecule has 0 nitrogen and oxygen atoms in total. The zero-order valence-electron chi connectivity index (χ0n) is 12.1. The second-order valence-corrected chi connectivity index (χ2v) is 6.84. The minimum Gasteiger partial charge on any atom is -0.0614 e. The van der Waals surface area contributed by atoms with Gasteiger partial charge in [0.2, 0.25) is 0 Å². The molecule has 0 aliphatic rings. The molecule has 0 unspecified atom stereocenters. The Morgan fingerprint density at radius 2 is 1.42 bits per heavy atom. The molecule has 0 radical (unpaired) electrons. The van der Waals surface area contributed by atoms with Gasteiger partial charge in [-0.1, -0.05) is 58.0 Å². The van der Waals surface area contributed by atoms with Crippen LogP contribution in [0.3, 0.4) is 0 Å². The summed E-state index contributed by atoms with van der Waals surface area (Å²) >= 11 is 2.43. The molecule has 0 saturated carbocycles. The highest BCUT2D eigenvalue weighted by Crippen LogP contribution is 2.30. The number of hydrogen-bond donors (Lipinski definition) is 0. The second kappa shape index (κ2) is 6.08. The Bertz CT molecular complexity index is 568. The van der Waals surface area contributed by atoms with Crippen molar-refractivity contribution < 1.29 is 0 Å². The first kappa shape index (κ1) is 14.6. The molecule has 100 valence electrons. The van der Waals surface area contributed by atoms with Crippen molar-refractivity contribution in [3.8, 4) is 11.1 Å². The summed E-state index contributed by atoms with van der Waals surface area (Å²) in [6.07, 6.45) is 0. The molecule has 0 aliphatic heterocycles. The normalized spacial score (nSPS) is 11.3. The van der Waals surface area contributed by atoms with Crippen LogP contribution < -0.4 is 0 Å². The summed E-state index contributed by atoms with van der Waals surface area (Å²) in [5, 5.41) is 0. The van der Waals surface area contributed by atoms with Gasteiger partial charge in [0.25, 0.3) is 0 Å². The molecule has 0 fully saturated rings. The van der Waals surface area contributed by atoms with E-state index < -0.39 is 0 Å². The van der Waals surface area contributed by atoms with Crippen LogP contribution in [0, 0.1) is 3.57 Å². The Kier molecular flexibility index (Phi) is 4.67. The zero-order valence-corrected chi connectivity index (χ0v) is 14.2. The van der Waals surface area contributed by atoms with Gasteiger partial charge in [-0.15, -0.1) is 0 Å². The van der Waals surface area contributed by atoms with E-state index in [1.54, 1.807) is 0 Å². The van der Waals surface area contributed by atoms with Crippen molar-refractivity contribution in [2.24, 2.45) is 0 Å². The van der Waals surface area contributed by atoms with Crippen molar-refractivity contribution >= 4 is 22.6 Å². The highest BCUT2D eigenvalue weighted by molar-refractivity contribution is 14.1. The standard InChI is InChI=1S/C18H21I/c1-12(2)14-6-5-7-16(10-14)17-11-15(13(3)4)8-9-18(17)19/h5-13H,1-4H3. The van der Waals surface area contributed by atoms with Gasteiger partial charge in [-0.3, -0.25) is 0 Å². The Hall–Kier alpha value is -0.830. The van der Waals surface area contributed by atoms with E-state index in [4.69, 9.17) is 0 Å². The molecule has 0 spiro atoms. The van der Waals surface area contributed by atoms with Gasteiger partial charge in [-0.25, -0.2) is 0 Å². The van der Waals surface area contributed by atoms with Crippen LogP contribution >= 0.6 is 22.6 Å². The highest BCUT2D eigenvalue weighted by Gasteiger charge is 2.08. The van der Waals surface area contributed by atoms with Crippen LogP contribution in [-0.4, -0.2) is 0 Å². The third-order valence-corrected chi connectivity index (χ3v) is 4.46. The quantitative estimate of drug-likeness (QED) is 0.569. The Morgan fingerprint density at radius 1 is 0.789 bits per heavy atom. The molecule has 2 rings (SSSR count). The number of halogens is 1. The molecule has 19 heavy (non-hydrogen) atoms. The predicted molar refractivity (Wildman–Crippen MR) is 92.8 cm³/mol. The largest absolute Gasteiger partial charge is 0.0614 e. The van der Waals surface area contributed by atoms with Crippen molar-refractivity contribution in [1.82, 2.24) is 0 Å². The summed E-state index contributed by atoms with van der Waals surface area (Å²) in [6, 6.07) is 15.7. The fourth-order valence-electron chi connectivity index (χ4n) is 2.19. The monoisotopic (exact) mass is 364 g/mol. The molecule has 0 amide bonds. The average Bonchev–Trinajstić information content (AvgIpc) is 2.39. The second-order valence-electron chi connectivity index (χ2n) is 5.67. The average molecular weight is 364 g/mol. The Labute approximate surface area is 130 Å². The molecule has 0 bridgehead atoms. The maximum Gasteiger partial charge on any atom is 0.0208 e. The molecule has 2 aromatic rings. The summed E-state index contributed by atoms with van der Waals surface area (Å²) < 4.78 is 1.32. The van der Waals surface area contributed by atoms with Gasteiger partial charge in [0.1, 0.15) is 0 Å². The topological polar surface area (TPSA) is 0 Å². The molecule has 2 aromatic carbocycles. The van der Waals surface area contributed by atoms with Crippen LogP contribution in [0.15, 0.2) is 42.5 Å². The lowest BCUT2D eigenvalue weighted by Gasteiger charge is -2.13. The summed E-state index contributed by atoms with van der Waals surface area (Å²) in [6.45, 7) is 8.98. The van der Waals surface area contributed by atoms with Crippen molar-refractivity contribution in [2.75, 3.05) is 0 Å². The number of benzene rings is 2. The number of rotatable bonds is 3. The molecule has 0 atom stereocenters. The van der Waals surface area contributed by atoms with Crippen molar-refractivity contribution in [1.29, 1.82) is 0 Å². The SMILES string of the molecule is CC(C)c1cccc(-c2cc(C(C)C)ccc2I)c1. The first-order valence-corrected chi connectivity index (χ1v) is 7.96. The number of hydrogen-bond acceptors (Lipinski definition) is 0. The van der Waals surface area contributed by atoms with Gasteiger partial charge in [0.15, 0.2) is 0 Å². The van der Waals surface area contributed by atoms with Crippen LogP contribution in [0.2, 0.25) is 0 Å². The van der Waals surface area contributed by atoms with Crippen molar-refractivity contribution in [3.05, 3.63) is 57.2 Å². The van der Waals surface area contributed by atoms with E-state index in [0.29, 0.717) is 11.8 Å². The lowest BCUT2D eigenvalue weighted by Crippen LogP contribution is -1.92. The molecule has 0 N–H and O–H groups in total. The smallest absolute Gasteiger partial charge is 0.0208 e. The zero-order chi connectivity index (χ0) is 14.0. The lowest BCUT2D eigenvalue weighted by atomic mass is 9.94. The van der Waals surface area contributed by atoms with E-state index in [1.165, 1.54) is 25.8 Å². The van der Waals surface area contributed by atoms with Gasteiger partial charge in [0, 0.05) is 3.57 Å². The van der Waals surface area contributed by atoms with Crippen LogP contribution in [0.1, 0.15) is 50.7 Å². The summed E-state index contributed by atoms with van der Waals surface area (Å²) in [4.78, 5) is 0. The first-order valence-electron chi connectivity index (χ1n) is 6.89. The molecule has 0 saturated heterocycles. The third-order valence-electron chi connectivity index (χ3n) is 3.52. The molecule has 0 aromatic heterocycles. The van der Waals surface area contributed by atoms with Gasteiger partial charge < -0.3 is 0 Å².